The van der Waals surface area contributed by atoms with Crippen molar-refractivity contribution in [2.75, 3.05) is 33.7 Å². The molecule has 0 radical (unpaired) electrons. The van der Waals surface area contributed by atoms with E-state index in [4.69, 9.17) is 4.42 Å². The Kier molecular flexibility index (Phi) is 7.37. The summed E-state index contributed by atoms with van der Waals surface area (Å²) in [5.74, 6) is 0.750. The van der Waals surface area contributed by atoms with Gasteiger partial charge in [-0.2, -0.15) is 12.7 Å². The van der Waals surface area contributed by atoms with Crippen molar-refractivity contribution in [1.82, 2.24) is 13.9 Å². The number of hydrogen-bond donors (Lipinski definition) is 1. The van der Waals surface area contributed by atoms with Gasteiger partial charge in [-0.3, -0.25) is 4.90 Å². The van der Waals surface area contributed by atoms with Crippen LogP contribution in [-0.2, 0) is 10.2 Å². The van der Waals surface area contributed by atoms with E-state index in [2.05, 4.69) is 4.72 Å². The Labute approximate surface area is 128 Å². The Hall–Kier alpha value is -0.890. The molecular weight excluding hydrogens is 290 g/mol. The topological polar surface area (TPSA) is 65.8 Å². The van der Waals surface area contributed by atoms with Crippen LogP contribution in [0.4, 0.5) is 0 Å². The van der Waals surface area contributed by atoms with Gasteiger partial charge in [0.25, 0.3) is 10.2 Å². The van der Waals surface area contributed by atoms with Crippen LogP contribution in [0.3, 0.4) is 0 Å². The monoisotopic (exact) mass is 317 g/mol. The van der Waals surface area contributed by atoms with Crippen molar-refractivity contribution >= 4 is 10.2 Å². The number of furan rings is 1. The van der Waals surface area contributed by atoms with Gasteiger partial charge in [0.2, 0.25) is 0 Å². The Morgan fingerprint density at radius 3 is 2.29 bits per heavy atom. The lowest BCUT2D eigenvalue weighted by Crippen LogP contribution is -2.44. The zero-order chi connectivity index (χ0) is 15.9. The van der Waals surface area contributed by atoms with E-state index in [9.17, 15) is 8.42 Å². The van der Waals surface area contributed by atoms with Crippen LogP contribution < -0.4 is 4.72 Å². The van der Waals surface area contributed by atoms with Crippen molar-refractivity contribution in [1.29, 1.82) is 0 Å². The molecular formula is C14H27N3O3S. The first kappa shape index (κ1) is 18.2. The molecule has 0 aliphatic rings. The summed E-state index contributed by atoms with van der Waals surface area (Å²) in [5, 5.41) is 0. The summed E-state index contributed by atoms with van der Waals surface area (Å²) in [6.07, 6.45) is 3.20. The molecule has 1 unspecified atom stereocenters. The van der Waals surface area contributed by atoms with Crippen molar-refractivity contribution in [3.63, 3.8) is 0 Å². The third-order valence-corrected chi connectivity index (χ3v) is 4.82. The maximum absolute atomic E-state index is 12.4. The molecule has 7 heteroatoms. The molecule has 1 atom stereocenters. The lowest BCUT2D eigenvalue weighted by molar-refractivity contribution is 0.257. The molecule has 21 heavy (non-hydrogen) atoms. The van der Waals surface area contributed by atoms with E-state index < -0.39 is 10.2 Å². The van der Waals surface area contributed by atoms with Gasteiger partial charge in [0.05, 0.1) is 12.3 Å². The minimum absolute atomic E-state index is 0.125. The molecule has 0 spiro atoms. The van der Waals surface area contributed by atoms with Gasteiger partial charge >= 0.3 is 0 Å². The van der Waals surface area contributed by atoms with Gasteiger partial charge in [0.15, 0.2) is 0 Å². The second kappa shape index (κ2) is 8.53. The van der Waals surface area contributed by atoms with Crippen LogP contribution in [0.15, 0.2) is 22.8 Å². The van der Waals surface area contributed by atoms with E-state index in [-0.39, 0.29) is 12.6 Å². The van der Waals surface area contributed by atoms with E-state index in [1.807, 2.05) is 38.9 Å². The Morgan fingerprint density at radius 2 is 1.86 bits per heavy atom. The zero-order valence-electron chi connectivity index (χ0n) is 13.4. The SMILES string of the molecule is CCCN(CCC)S(=O)(=O)NCC(c1ccco1)N(C)C. The molecule has 0 saturated heterocycles. The number of nitrogens with one attached hydrogen (secondary N) is 1. The lowest BCUT2D eigenvalue weighted by Gasteiger charge is -2.26. The fourth-order valence-corrected chi connectivity index (χ4v) is 3.54. The minimum Gasteiger partial charge on any atom is -0.468 e. The molecule has 0 fully saturated rings. The van der Waals surface area contributed by atoms with Gasteiger partial charge in [-0.1, -0.05) is 13.8 Å². The summed E-state index contributed by atoms with van der Waals surface area (Å²) in [6.45, 7) is 5.31. The normalized spacial score (nSPS) is 14.0. The van der Waals surface area contributed by atoms with Gasteiger partial charge in [-0.05, 0) is 39.1 Å². The van der Waals surface area contributed by atoms with Crippen molar-refractivity contribution in [2.45, 2.75) is 32.7 Å². The van der Waals surface area contributed by atoms with Gasteiger partial charge in [-0.25, -0.2) is 4.72 Å². The number of rotatable bonds is 10. The highest BCUT2D eigenvalue weighted by molar-refractivity contribution is 7.87. The van der Waals surface area contributed by atoms with Crippen molar-refractivity contribution in [2.24, 2.45) is 0 Å². The van der Waals surface area contributed by atoms with Gasteiger partial charge in [0.1, 0.15) is 5.76 Å². The Balaban J connectivity index is 2.73. The molecule has 0 aliphatic heterocycles. The summed E-state index contributed by atoms with van der Waals surface area (Å²) < 4.78 is 34.3. The average Bonchev–Trinajstić information content (AvgIpc) is 2.92. The maximum Gasteiger partial charge on any atom is 0.279 e. The zero-order valence-corrected chi connectivity index (χ0v) is 14.2. The second-order valence-electron chi connectivity index (χ2n) is 5.25. The molecule has 6 nitrogen and oxygen atoms in total. The predicted octanol–water partition coefficient (Wildman–Crippen LogP) is 1.84. The molecule has 1 aromatic heterocycles. The Bertz CT molecular complexity index is 480. The van der Waals surface area contributed by atoms with Gasteiger partial charge < -0.3 is 4.42 Å². The third-order valence-electron chi connectivity index (χ3n) is 3.24. The van der Waals surface area contributed by atoms with E-state index in [0.29, 0.717) is 13.1 Å². The van der Waals surface area contributed by atoms with E-state index >= 15 is 0 Å². The van der Waals surface area contributed by atoms with Crippen LogP contribution in [0.5, 0.6) is 0 Å². The van der Waals surface area contributed by atoms with Gasteiger partial charge in [0, 0.05) is 19.6 Å². The lowest BCUT2D eigenvalue weighted by atomic mass is 10.2. The molecule has 0 aromatic carbocycles. The minimum atomic E-state index is -3.45. The highest BCUT2D eigenvalue weighted by Gasteiger charge is 2.24. The molecule has 1 heterocycles. The van der Waals surface area contributed by atoms with E-state index in [0.717, 1.165) is 18.6 Å². The third kappa shape index (κ3) is 5.43. The highest BCUT2D eigenvalue weighted by Crippen LogP contribution is 2.18. The first-order chi connectivity index (χ1) is 9.92. The summed E-state index contributed by atoms with van der Waals surface area (Å²) in [6, 6.07) is 3.54. The maximum atomic E-state index is 12.4. The van der Waals surface area contributed by atoms with Crippen LogP contribution in [-0.4, -0.2) is 51.4 Å². The smallest absolute Gasteiger partial charge is 0.279 e. The molecule has 0 saturated carbocycles. The molecule has 122 valence electrons. The first-order valence-corrected chi connectivity index (χ1v) is 8.81. The number of likely N-dealkylation sites (N-methyl/N-ethyl adjacent to an activating group) is 1. The molecule has 0 bridgehead atoms. The largest absolute Gasteiger partial charge is 0.468 e. The second-order valence-corrected chi connectivity index (χ2v) is 7.00. The fraction of sp³-hybridized carbons (Fsp3) is 0.714. The van der Waals surface area contributed by atoms with Gasteiger partial charge in [-0.15, -0.1) is 0 Å². The average molecular weight is 317 g/mol. The predicted molar refractivity (Wildman–Crippen MR) is 84.2 cm³/mol. The Morgan fingerprint density at radius 1 is 1.24 bits per heavy atom. The van der Waals surface area contributed by atoms with E-state index in [1.54, 1.807) is 12.3 Å². The molecule has 0 aliphatic carbocycles. The quantitative estimate of drug-likeness (QED) is 0.715. The molecule has 1 aromatic rings. The van der Waals surface area contributed by atoms with Crippen molar-refractivity contribution in [3.8, 4) is 0 Å². The van der Waals surface area contributed by atoms with Crippen LogP contribution in [0, 0.1) is 0 Å². The first-order valence-electron chi connectivity index (χ1n) is 7.36. The summed E-state index contributed by atoms with van der Waals surface area (Å²) in [5.41, 5.74) is 0. The number of hydrogen-bond acceptors (Lipinski definition) is 4. The highest BCUT2D eigenvalue weighted by atomic mass is 32.2. The van der Waals surface area contributed by atoms with E-state index in [1.165, 1.54) is 4.31 Å². The number of nitrogens with zero attached hydrogens (tertiary/aromatic N) is 2. The van der Waals surface area contributed by atoms with Crippen LogP contribution in [0.2, 0.25) is 0 Å². The molecule has 1 N–H and O–H groups in total. The molecule has 1 rings (SSSR count). The summed E-state index contributed by atoms with van der Waals surface area (Å²) in [7, 11) is 0.349. The standard InChI is InChI=1S/C14H27N3O3S/c1-5-9-17(10-6-2)21(18,19)15-12-13(16(3)4)14-8-7-11-20-14/h7-8,11,13,15H,5-6,9-10,12H2,1-4H3. The van der Waals surface area contributed by atoms with Crippen LogP contribution in [0.25, 0.3) is 0 Å². The van der Waals surface area contributed by atoms with Crippen LogP contribution >= 0.6 is 0 Å². The van der Waals surface area contributed by atoms with Crippen LogP contribution in [0.1, 0.15) is 38.5 Å². The molecule has 0 amide bonds. The van der Waals surface area contributed by atoms with Crippen molar-refractivity contribution in [3.05, 3.63) is 24.2 Å². The van der Waals surface area contributed by atoms with Crippen molar-refractivity contribution < 1.29 is 12.8 Å². The fourth-order valence-electron chi connectivity index (χ4n) is 2.15. The summed E-state index contributed by atoms with van der Waals surface area (Å²) in [4.78, 5) is 1.94. The summed E-state index contributed by atoms with van der Waals surface area (Å²) >= 11 is 0.